The molecule has 0 bridgehead atoms. The predicted molar refractivity (Wildman–Crippen MR) is 130 cm³/mol. The van der Waals surface area contributed by atoms with Crippen molar-refractivity contribution in [3.8, 4) is 17.2 Å². The lowest BCUT2D eigenvalue weighted by Crippen LogP contribution is -2.52. The van der Waals surface area contributed by atoms with Gasteiger partial charge in [0.15, 0.2) is 16.6 Å². The minimum Gasteiger partial charge on any atom is -0.494 e. The topological polar surface area (TPSA) is 64.1 Å². The highest BCUT2D eigenvalue weighted by atomic mass is 35.5. The molecule has 0 radical (unpaired) electrons. The molecule has 0 spiro atoms. The number of anilines is 1. The second-order valence-electron chi connectivity index (χ2n) is 7.53. The number of ether oxygens (including phenoxy) is 3. The zero-order valence-electron chi connectivity index (χ0n) is 18.2. The van der Waals surface area contributed by atoms with Crippen LogP contribution in [0.1, 0.15) is 6.92 Å². The van der Waals surface area contributed by atoms with Crippen LogP contribution >= 0.6 is 35.3 Å². The van der Waals surface area contributed by atoms with Gasteiger partial charge in [-0.25, -0.2) is 4.98 Å². The van der Waals surface area contributed by atoms with Crippen LogP contribution in [0.2, 0.25) is 5.02 Å². The average molecular weight is 498 g/mol. The van der Waals surface area contributed by atoms with Crippen molar-refractivity contribution in [1.29, 1.82) is 0 Å². The first-order valence-corrected chi connectivity index (χ1v) is 11.1. The molecule has 0 N–H and O–H groups in total. The Bertz CT molecular complexity index is 1110. The molecule has 10 heteroatoms. The van der Waals surface area contributed by atoms with E-state index in [1.165, 1.54) is 11.3 Å². The molecule has 1 aliphatic rings. The van der Waals surface area contributed by atoms with E-state index < -0.39 is 12.2 Å². The maximum atomic E-state index is 13.7. The summed E-state index contributed by atoms with van der Waals surface area (Å²) in [4.78, 5) is 22.0. The summed E-state index contributed by atoms with van der Waals surface area (Å²) in [7, 11) is 5.50. The zero-order chi connectivity index (χ0) is 22.1. The minimum absolute atomic E-state index is 0. The number of carbonyl (C=O) groups excluding carboxylic acids is 1. The summed E-state index contributed by atoms with van der Waals surface area (Å²) in [5.74, 6) is 1.59. The van der Waals surface area contributed by atoms with E-state index in [-0.39, 0.29) is 18.3 Å². The molecular formula is C22H25Cl2N3O4S. The SMILES string of the molecule is COc1ccc(Cl)c2sc(N(CCN(C)C)C(=O)C3Oc4ccccc4OC3C)nc12.Cl. The van der Waals surface area contributed by atoms with Gasteiger partial charge in [-0.3, -0.25) is 9.69 Å². The molecule has 172 valence electrons. The smallest absolute Gasteiger partial charge is 0.273 e. The number of para-hydroxylation sites is 2. The molecule has 2 atom stereocenters. The highest BCUT2D eigenvalue weighted by molar-refractivity contribution is 7.23. The number of hydrogen-bond acceptors (Lipinski definition) is 7. The lowest BCUT2D eigenvalue weighted by atomic mass is 10.1. The molecule has 0 saturated heterocycles. The van der Waals surface area contributed by atoms with Crippen LogP contribution in [0.4, 0.5) is 5.13 Å². The first-order chi connectivity index (χ1) is 14.9. The predicted octanol–water partition coefficient (Wildman–Crippen LogP) is 4.50. The summed E-state index contributed by atoms with van der Waals surface area (Å²) < 4.78 is 18.2. The van der Waals surface area contributed by atoms with Gasteiger partial charge in [-0.15, -0.1) is 12.4 Å². The van der Waals surface area contributed by atoms with E-state index in [0.717, 1.165) is 4.70 Å². The minimum atomic E-state index is -0.790. The number of benzene rings is 2. The van der Waals surface area contributed by atoms with Crippen LogP contribution in [0.5, 0.6) is 17.2 Å². The van der Waals surface area contributed by atoms with Crippen LogP contribution in [0.25, 0.3) is 10.2 Å². The second-order valence-corrected chi connectivity index (χ2v) is 8.91. The molecule has 3 aromatic rings. The number of fused-ring (bicyclic) bond motifs is 2. The van der Waals surface area contributed by atoms with Crippen molar-refractivity contribution >= 4 is 56.6 Å². The molecule has 32 heavy (non-hydrogen) atoms. The Morgan fingerprint density at radius 2 is 1.84 bits per heavy atom. The fourth-order valence-corrected chi connectivity index (χ4v) is 4.65. The maximum Gasteiger partial charge on any atom is 0.273 e. The third kappa shape index (κ3) is 4.73. The van der Waals surface area contributed by atoms with E-state index in [0.29, 0.717) is 46.0 Å². The van der Waals surface area contributed by atoms with Gasteiger partial charge < -0.3 is 19.1 Å². The summed E-state index contributed by atoms with van der Waals surface area (Å²) >= 11 is 7.76. The highest BCUT2D eigenvalue weighted by Gasteiger charge is 2.38. The van der Waals surface area contributed by atoms with E-state index in [1.807, 2.05) is 44.1 Å². The Kier molecular flexibility index (Phi) is 7.71. The summed E-state index contributed by atoms with van der Waals surface area (Å²) in [6, 6.07) is 10.9. The normalized spacial score (nSPS) is 17.2. The second kappa shape index (κ2) is 10.1. The van der Waals surface area contributed by atoms with Gasteiger partial charge in [0.1, 0.15) is 17.4 Å². The van der Waals surface area contributed by atoms with Crippen LogP contribution in [-0.4, -0.2) is 62.3 Å². The molecule has 7 nitrogen and oxygen atoms in total. The van der Waals surface area contributed by atoms with Crippen molar-refractivity contribution in [3.05, 3.63) is 41.4 Å². The van der Waals surface area contributed by atoms with E-state index in [4.69, 9.17) is 30.8 Å². The van der Waals surface area contributed by atoms with Crippen LogP contribution in [0.15, 0.2) is 36.4 Å². The lowest BCUT2D eigenvalue weighted by Gasteiger charge is -2.34. The third-order valence-corrected chi connectivity index (χ3v) is 6.56. The van der Waals surface area contributed by atoms with Crippen molar-refractivity contribution < 1.29 is 19.0 Å². The van der Waals surface area contributed by atoms with E-state index in [9.17, 15) is 4.79 Å². The number of hydrogen-bond donors (Lipinski definition) is 0. The number of likely N-dealkylation sites (N-methyl/N-ethyl adjacent to an activating group) is 1. The number of methoxy groups -OCH3 is 1. The van der Waals surface area contributed by atoms with Crippen molar-refractivity contribution in [3.63, 3.8) is 0 Å². The Balaban J connectivity index is 0.00000289. The molecule has 0 saturated carbocycles. The molecule has 2 aromatic carbocycles. The van der Waals surface area contributed by atoms with Crippen molar-refractivity contribution in [2.75, 3.05) is 39.2 Å². The fraction of sp³-hybridized carbons (Fsp3) is 0.364. The average Bonchev–Trinajstić information content (AvgIpc) is 3.19. The molecule has 1 aliphatic heterocycles. The van der Waals surface area contributed by atoms with Crippen molar-refractivity contribution in [2.45, 2.75) is 19.1 Å². The van der Waals surface area contributed by atoms with Gasteiger partial charge in [0.05, 0.1) is 16.8 Å². The first kappa shape index (κ1) is 24.4. The number of nitrogens with zero attached hydrogens (tertiary/aromatic N) is 3. The third-order valence-electron chi connectivity index (χ3n) is 5.02. The van der Waals surface area contributed by atoms with Crippen molar-refractivity contribution in [1.82, 2.24) is 9.88 Å². The van der Waals surface area contributed by atoms with Gasteiger partial charge in [0, 0.05) is 13.1 Å². The zero-order valence-corrected chi connectivity index (χ0v) is 20.6. The summed E-state index contributed by atoms with van der Waals surface area (Å²) in [6.07, 6.45) is -1.24. The molecule has 2 unspecified atom stereocenters. The molecule has 0 aliphatic carbocycles. The number of carbonyl (C=O) groups is 1. The van der Waals surface area contributed by atoms with Crippen LogP contribution in [0.3, 0.4) is 0 Å². The molecule has 0 fully saturated rings. The van der Waals surface area contributed by atoms with Gasteiger partial charge >= 0.3 is 0 Å². The Labute approximate surface area is 202 Å². The van der Waals surface area contributed by atoms with Crippen molar-refractivity contribution in [2.24, 2.45) is 0 Å². The molecule has 1 aromatic heterocycles. The largest absolute Gasteiger partial charge is 0.494 e. The number of halogens is 2. The Morgan fingerprint density at radius 1 is 1.16 bits per heavy atom. The van der Waals surface area contributed by atoms with Gasteiger partial charge in [-0.2, -0.15) is 0 Å². The first-order valence-electron chi connectivity index (χ1n) is 9.90. The van der Waals surface area contributed by atoms with E-state index in [1.54, 1.807) is 30.2 Å². The number of rotatable bonds is 6. The molecule has 2 heterocycles. The van der Waals surface area contributed by atoms with Gasteiger partial charge in [-0.1, -0.05) is 35.1 Å². The summed E-state index contributed by atoms with van der Waals surface area (Å²) in [5, 5.41) is 1.11. The van der Waals surface area contributed by atoms with Crippen LogP contribution in [0, 0.1) is 0 Å². The lowest BCUT2D eigenvalue weighted by molar-refractivity contribution is -0.130. The number of amides is 1. The van der Waals surface area contributed by atoms with E-state index >= 15 is 0 Å². The quantitative estimate of drug-likeness (QED) is 0.499. The molecule has 1 amide bonds. The van der Waals surface area contributed by atoms with Gasteiger partial charge in [0.25, 0.3) is 5.91 Å². The maximum absolute atomic E-state index is 13.7. The number of aromatic nitrogens is 1. The summed E-state index contributed by atoms with van der Waals surface area (Å²) in [6.45, 7) is 2.94. The highest BCUT2D eigenvalue weighted by Crippen LogP contribution is 2.40. The van der Waals surface area contributed by atoms with Gasteiger partial charge in [0.2, 0.25) is 6.10 Å². The molecule has 4 rings (SSSR count). The standard InChI is InChI=1S/C22H24ClN3O4S.ClH/c1-13-19(30-16-8-6-5-7-15(16)29-13)21(27)26(12-11-25(2)3)22-24-18-17(28-4)10-9-14(23)20(18)31-22;/h5-10,13,19H,11-12H2,1-4H3;1H. The monoisotopic (exact) mass is 497 g/mol. The Morgan fingerprint density at radius 3 is 2.50 bits per heavy atom. The molecular weight excluding hydrogens is 473 g/mol. The fourth-order valence-electron chi connectivity index (χ4n) is 3.37. The number of thiazole rings is 1. The van der Waals surface area contributed by atoms with Crippen LogP contribution < -0.4 is 19.1 Å². The Hall–Kier alpha value is -2.26. The van der Waals surface area contributed by atoms with Gasteiger partial charge in [-0.05, 0) is 45.3 Å². The van der Waals surface area contributed by atoms with Crippen LogP contribution in [-0.2, 0) is 4.79 Å². The van der Waals surface area contributed by atoms with E-state index in [2.05, 4.69) is 0 Å². The summed E-state index contributed by atoms with van der Waals surface area (Å²) in [5.41, 5.74) is 0.636.